The molecule has 6 nitrogen and oxygen atoms in total. The van der Waals surface area contributed by atoms with E-state index >= 15 is 0 Å². The molecule has 5 rings (SSSR count). The standard InChI is InChI=1S/C30H26N2O4.ClH/c1-3-28(33)36-27-17-16-26(20-11-5-4-10-19(20)2)31-29(27)32-30(34)35-18-25-23-14-8-6-12-21(23)22-13-7-9-15-24(22)25;/h4-17,25H,3,18H2,1-2H3,(H,31,32,34);1H. The van der Waals surface area contributed by atoms with E-state index < -0.39 is 12.1 Å². The molecule has 4 aromatic rings. The molecule has 0 saturated carbocycles. The average Bonchev–Trinajstić information content (AvgIpc) is 3.22. The first-order chi connectivity index (χ1) is 17.5. The van der Waals surface area contributed by atoms with Crippen LogP contribution >= 0.6 is 12.4 Å². The Morgan fingerprint density at radius 1 is 0.838 bits per heavy atom. The first-order valence-corrected chi connectivity index (χ1v) is 11.9. The van der Waals surface area contributed by atoms with Gasteiger partial charge in [-0.3, -0.25) is 10.1 Å². The largest absolute Gasteiger partial charge is 0.448 e. The molecule has 0 saturated heterocycles. The van der Waals surface area contributed by atoms with E-state index in [9.17, 15) is 9.59 Å². The molecule has 188 valence electrons. The molecule has 0 aliphatic heterocycles. The van der Waals surface area contributed by atoms with Gasteiger partial charge < -0.3 is 9.47 Å². The Hall–Kier alpha value is -4.16. The number of carbonyl (C=O) groups excluding carboxylic acids is 2. The minimum atomic E-state index is -0.667. The van der Waals surface area contributed by atoms with Crippen molar-refractivity contribution in [3.8, 4) is 28.1 Å². The maximum Gasteiger partial charge on any atom is 0.412 e. The number of hydrogen-bond donors (Lipinski definition) is 1. The summed E-state index contributed by atoms with van der Waals surface area (Å²) < 4.78 is 11.1. The van der Waals surface area contributed by atoms with Gasteiger partial charge in [0.2, 0.25) is 0 Å². The molecule has 37 heavy (non-hydrogen) atoms. The number of carbonyl (C=O) groups is 2. The Bertz CT molecular complexity index is 1410. The second-order valence-electron chi connectivity index (χ2n) is 8.64. The summed E-state index contributed by atoms with van der Waals surface area (Å²) in [5.74, 6) is -0.176. The fraction of sp³-hybridized carbons (Fsp3) is 0.167. The van der Waals surface area contributed by atoms with Crippen LogP contribution in [0.15, 0.2) is 84.9 Å². The lowest BCUT2D eigenvalue weighted by atomic mass is 9.98. The van der Waals surface area contributed by atoms with Gasteiger partial charge in [-0.05, 0) is 46.9 Å². The summed E-state index contributed by atoms with van der Waals surface area (Å²) in [6.07, 6.45) is -0.468. The van der Waals surface area contributed by atoms with Gasteiger partial charge in [0.25, 0.3) is 0 Å². The molecular weight excluding hydrogens is 488 g/mol. The third kappa shape index (κ3) is 5.34. The van der Waals surface area contributed by atoms with Crippen molar-refractivity contribution in [3.63, 3.8) is 0 Å². The van der Waals surface area contributed by atoms with Gasteiger partial charge in [-0.15, -0.1) is 12.4 Å². The van der Waals surface area contributed by atoms with E-state index in [4.69, 9.17) is 9.47 Å². The fourth-order valence-electron chi connectivity index (χ4n) is 4.55. The van der Waals surface area contributed by atoms with E-state index in [1.165, 1.54) is 0 Å². The first-order valence-electron chi connectivity index (χ1n) is 11.9. The Labute approximate surface area is 222 Å². The number of hydrogen-bond acceptors (Lipinski definition) is 5. The summed E-state index contributed by atoms with van der Waals surface area (Å²) in [6.45, 7) is 3.86. The van der Waals surface area contributed by atoms with Crippen molar-refractivity contribution in [1.29, 1.82) is 0 Å². The highest BCUT2D eigenvalue weighted by Gasteiger charge is 2.29. The monoisotopic (exact) mass is 514 g/mol. The van der Waals surface area contributed by atoms with Gasteiger partial charge in [-0.1, -0.05) is 79.7 Å². The van der Waals surface area contributed by atoms with Gasteiger partial charge in [-0.25, -0.2) is 9.78 Å². The predicted molar refractivity (Wildman–Crippen MR) is 146 cm³/mol. The highest BCUT2D eigenvalue weighted by molar-refractivity contribution is 5.87. The van der Waals surface area contributed by atoms with Crippen molar-refractivity contribution in [2.75, 3.05) is 11.9 Å². The third-order valence-electron chi connectivity index (χ3n) is 6.36. The normalized spacial score (nSPS) is 11.6. The Morgan fingerprint density at radius 3 is 2.05 bits per heavy atom. The molecule has 1 aromatic heterocycles. The number of anilines is 1. The molecule has 0 radical (unpaired) electrons. The van der Waals surface area contributed by atoms with Crippen LogP contribution in [0.25, 0.3) is 22.4 Å². The van der Waals surface area contributed by atoms with Crippen LogP contribution in [0.1, 0.15) is 36.0 Å². The number of nitrogens with zero attached hydrogens (tertiary/aromatic N) is 1. The number of esters is 1. The van der Waals surface area contributed by atoms with Crippen LogP contribution in [0.4, 0.5) is 10.6 Å². The summed E-state index contributed by atoms with van der Waals surface area (Å²) in [4.78, 5) is 29.5. The zero-order valence-electron chi connectivity index (χ0n) is 20.6. The van der Waals surface area contributed by atoms with Gasteiger partial charge in [0.1, 0.15) is 6.61 Å². The molecule has 1 aliphatic rings. The van der Waals surface area contributed by atoms with Gasteiger partial charge >= 0.3 is 12.1 Å². The zero-order chi connectivity index (χ0) is 25.1. The SMILES string of the molecule is CCC(=O)Oc1ccc(-c2ccccc2C)nc1NC(=O)OCC1c2ccccc2-c2ccccc21.Cl. The van der Waals surface area contributed by atoms with Crippen LogP contribution in [0.3, 0.4) is 0 Å². The van der Waals surface area contributed by atoms with Crippen molar-refractivity contribution in [3.05, 3.63) is 102 Å². The summed E-state index contributed by atoms with van der Waals surface area (Å²) >= 11 is 0. The van der Waals surface area contributed by atoms with E-state index in [0.29, 0.717) is 5.69 Å². The van der Waals surface area contributed by atoms with Crippen molar-refractivity contribution in [2.24, 2.45) is 0 Å². The molecule has 0 bridgehead atoms. The number of fused-ring (bicyclic) bond motifs is 3. The van der Waals surface area contributed by atoms with Gasteiger partial charge in [0, 0.05) is 17.9 Å². The number of aryl methyl sites for hydroxylation is 1. The number of ether oxygens (including phenoxy) is 2. The Balaban J connectivity index is 0.00000320. The number of nitrogens with one attached hydrogen (secondary N) is 1. The zero-order valence-corrected chi connectivity index (χ0v) is 21.4. The van der Waals surface area contributed by atoms with Crippen LogP contribution in [0.5, 0.6) is 5.75 Å². The summed E-state index contributed by atoms with van der Waals surface area (Å²) in [6, 6.07) is 27.5. The van der Waals surface area contributed by atoms with Crippen LogP contribution in [0, 0.1) is 6.92 Å². The van der Waals surface area contributed by atoms with Crippen LogP contribution in [-0.4, -0.2) is 23.7 Å². The second kappa shape index (κ2) is 11.3. The maximum atomic E-state index is 12.9. The average molecular weight is 515 g/mol. The number of rotatable bonds is 6. The lowest BCUT2D eigenvalue weighted by molar-refractivity contribution is -0.134. The van der Waals surface area contributed by atoms with Crippen molar-refractivity contribution in [2.45, 2.75) is 26.2 Å². The van der Waals surface area contributed by atoms with Crippen molar-refractivity contribution in [1.82, 2.24) is 4.98 Å². The molecule has 7 heteroatoms. The number of benzene rings is 3. The lowest BCUT2D eigenvalue weighted by Gasteiger charge is -2.16. The van der Waals surface area contributed by atoms with Crippen LogP contribution < -0.4 is 10.1 Å². The van der Waals surface area contributed by atoms with Gasteiger partial charge in [0.05, 0.1) is 5.69 Å². The fourth-order valence-corrected chi connectivity index (χ4v) is 4.55. The summed E-state index contributed by atoms with van der Waals surface area (Å²) in [7, 11) is 0. The number of halogens is 1. The lowest BCUT2D eigenvalue weighted by Crippen LogP contribution is -2.19. The molecule has 0 unspecified atom stereocenters. The maximum absolute atomic E-state index is 12.9. The topological polar surface area (TPSA) is 77.5 Å². The highest BCUT2D eigenvalue weighted by Crippen LogP contribution is 2.44. The number of pyridine rings is 1. The van der Waals surface area contributed by atoms with Crippen LogP contribution in [-0.2, 0) is 9.53 Å². The van der Waals surface area contributed by atoms with Crippen molar-refractivity contribution >= 4 is 30.3 Å². The molecule has 3 aromatic carbocycles. The molecule has 0 fully saturated rings. The quantitative estimate of drug-likeness (QED) is 0.276. The third-order valence-corrected chi connectivity index (χ3v) is 6.36. The Kier molecular flexibility index (Phi) is 7.89. The highest BCUT2D eigenvalue weighted by atomic mass is 35.5. The number of amides is 1. The summed E-state index contributed by atoms with van der Waals surface area (Å²) in [5, 5.41) is 2.69. The number of aromatic nitrogens is 1. The van der Waals surface area contributed by atoms with Crippen LogP contribution in [0.2, 0.25) is 0 Å². The van der Waals surface area contributed by atoms with E-state index in [1.807, 2.05) is 55.5 Å². The van der Waals surface area contributed by atoms with Gasteiger partial charge in [0.15, 0.2) is 11.6 Å². The molecule has 1 amide bonds. The van der Waals surface area contributed by atoms with E-state index in [2.05, 4.69) is 34.6 Å². The van der Waals surface area contributed by atoms with E-state index in [0.717, 1.165) is 33.4 Å². The Morgan fingerprint density at radius 2 is 1.43 bits per heavy atom. The minimum Gasteiger partial charge on any atom is -0.448 e. The second-order valence-corrected chi connectivity index (χ2v) is 8.64. The van der Waals surface area contributed by atoms with E-state index in [1.54, 1.807) is 19.1 Å². The molecule has 0 spiro atoms. The molecule has 1 heterocycles. The smallest absolute Gasteiger partial charge is 0.412 e. The van der Waals surface area contributed by atoms with E-state index in [-0.39, 0.29) is 42.9 Å². The van der Waals surface area contributed by atoms with Crippen molar-refractivity contribution < 1.29 is 19.1 Å². The molecule has 0 atom stereocenters. The molecular formula is C30H27ClN2O4. The molecule has 1 aliphatic carbocycles. The molecule has 1 N–H and O–H groups in total. The summed E-state index contributed by atoms with van der Waals surface area (Å²) in [5.41, 5.74) is 7.18. The first kappa shape index (κ1) is 25.9. The predicted octanol–water partition coefficient (Wildman–Crippen LogP) is 7.16. The van der Waals surface area contributed by atoms with Gasteiger partial charge in [-0.2, -0.15) is 0 Å². The minimum absolute atomic E-state index is 0.